The zero-order valence-corrected chi connectivity index (χ0v) is 33.5. The number of hydrogen-bond donors (Lipinski definition) is 6. The van der Waals surface area contributed by atoms with Crippen molar-refractivity contribution < 1.29 is 33.4 Å². The summed E-state index contributed by atoms with van der Waals surface area (Å²) in [5.41, 5.74) is 11.9. The predicted molar refractivity (Wildman–Crippen MR) is 207 cm³/mol. The first-order valence-corrected chi connectivity index (χ1v) is 21.1. The Kier molecular flexibility index (Phi) is 17.9. The fourth-order valence-electron chi connectivity index (χ4n) is 8.70. The molecule has 14 heteroatoms. The molecule has 0 unspecified atom stereocenters. The van der Waals surface area contributed by atoms with E-state index in [0.717, 1.165) is 77.0 Å². The molecule has 308 valence electrons. The molecule has 4 rings (SSSR count). The normalized spacial score (nSPS) is 33.9. The Morgan fingerprint density at radius 1 is 0.741 bits per heavy atom. The number of nitrogens with zero attached hydrogens (tertiary/aromatic N) is 1. The van der Waals surface area contributed by atoms with Gasteiger partial charge in [0, 0.05) is 19.6 Å². The Bertz CT molecular complexity index is 1220. The van der Waals surface area contributed by atoms with E-state index in [2.05, 4.69) is 21.3 Å². The first-order chi connectivity index (χ1) is 25.9. The van der Waals surface area contributed by atoms with E-state index in [0.29, 0.717) is 37.6 Å². The van der Waals surface area contributed by atoms with Gasteiger partial charge in [0.25, 0.3) is 0 Å². The minimum absolute atomic E-state index is 0.0656. The Morgan fingerprint density at radius 2 is 1.35 bits per heavy atom. The molecule has 4 fully saturated rings. The summed E-state index contributed by atoms with van der Waals surface area (Å²) in [5.74, 6) is -2.09. The van der Waals surface area contributed by atoms with Crippen molar-refractivity contribution >= 4 is 29.5 Å². The topological polar surface area (TPSA) is 207 Å². The molecule has 0 aromatic carbocycles. The van der Waals surface area contributed by atoms with Gasteiger partial charge < -0.3 is 47.1 Å². The largest absolute Gasteiger partial charge is 0.376 e. The van der Waals surface area contributed by atoms with Crippen LogP contribution in [0.2, 0.25) is 0 Å². The van der Waals surface area contributed by atoms with Crippen LogP contribution in [0.1, 0.15) is 124 Å². The van der Waals surface area contributed by atoms with Crippen LogP contribution in [-0.2, 0) is 33.4 Å². The van der Waals surface area contributed by atoms with E-state index < -0.39 is 65.9 Å². The quantitative estimate of drug-likeness (QED) is 0.180. The SMILES string of the molecule is CCC[C@H]1C(=O)N[C@@H](C2CCCCCC2)C(=O)N[C@@H](CN)C(=O)N[C@@H](COC2CC(CN)C2)C(=O)N[C@H](C)CO[C@H](CC2CCCCC2)[C@@H](C)C(=O)N1C. The highest BCUT2D eigenvalue weighted by molar-refractivity contribution is 5.96. The first kappa shape index (κ1) is 43.9. The van der Waals surface area contributed by atoms with Crippen LogP contribution in [0.5, 0.6) is 0 Å². The Labute approximate surface area is 323 Å². The lowest BCUT2D eigenvalue weighted by atomic mass is 9.82. The smallest absolute Gasteiger partial charge is 0.245 e. The summed E-state index contributed by atoms with van der Waals surface area (Å²) >= 11 is 0. The van der Waals surface area contributed by atoms with Gasteiger partial charge in [-0.1, -0.05) is 78.1 Å². The third-order valence-electron chi connectivity index (χ3n) is 12.3. The number of nitrogens with one attached hydrogen (secondary N) is 4. The molecule has 14 nitrogen and oxygen atoms in total. The molecule has 1 aliphatic heterocycles. The molecular weight excluding hydrogens is 690 g/mol. The summed E-state index contributed by atoms with van der Waals surface area (Å²) in [6.07, 6.45) is 13.9. The first-order valence-electron chi connectivity index (χ1n) is 21.1. The Morgan fingerprint density at radius 3 is 1.98 bits per heavy atom. The van der Waals surface area contributed by atoms with Gasteiger partial charge in [-0.3, -0.25) is 24.0 Å². The molecule has 0 aromatic rings. The third kappa shape index (κ3) is 12.6. The van der Waals surface area contributed by atoms with Crippen molar-refractivity contribution in [2.45, 2.75) is 166 Å². The van der Waals surface area contributed by atoms with E-state index >= 15 is 0 Å². The summed E-state index contributed by atoms with van der Waals surface area (Å²) in [6.45, 7) is 6.09. The number of hydrogen-bond acceptors (Lipinski definition) is 9. The highest BCUT2D eigenvalue weighted by atomic mass is 16.5. The monoisotopic (exact) mass is 762 g/mol. The summed E-state index contributed by atoms with van der Waals surface area (Å²) in [5, 5.41) is 11.6. The maximum atomic E-state index is 14.3. The standard InChI is InChI=1S/C40H71N7O7/c1-5-13-33-38(50)46-35(29-16-11-6-7-12-17-29)39(51)44-31(22-42)36(48)45-32(24-53-30-18-28(19-30)21-41)37(49)43-25(2)23-54-34(26(3)40(52)47(33)4)20-27-14-9-8-10-15-27/h25-35H,5-24,41-42H2,1-4H3,(H,43,49)(H,44,51)(H,45,48)(H,46,50)/t25-,26-,28?,30?,31+,32+,33+,34-,35+/m1/s1. The van der Waals surface area contributed by atoms with Crippen molar-refractivity contribution in [3.63, 3.8) is 0 Å². The Balaban J connectivity index is 1.65. The fraction of sp³-hybridized carbons (Fsp3) is 0.875. The zero-order chi connectivity index (χ0) is 39.2. The van der Waals surface area contributed by atoms with Crippen molar-refractivity contribution in [2.24, 2.45) is 35.1 Å². The van der Waals surface area contributed by atoms with Gasteiger partial charge in [0.05, 0.1) is 31.3 Å². The van der Waals surface area contributed by atoms with Gasteiger partial charge in [-0.25, -0.2) is 0 Å². The highest BCUT2D eigenvalue weighted by Crippen LogP contribution is 2.32. The predicted octanol–water partition coefficient (Wildman–Crippen LogP) is 2.26. The van der Waals surface area contributed by atoms with Gasteiger partial charge in [0.15, 0.2) is 0 Å². The van der Waals surface area contributed by atoms with Crippen molar-refractivity contribution in [3.05, 3.63) is 0 Å². The Hall–Kier alpha value is -2.81. The molecule has 4 aliphatic rings. The second kappa shape index (κ2) is 22.1. The molecule has 5 amide bonds. The van der Waals surface area contributed by atoms with E-state index in [1.165, 1.54) is 11.3 Å². The van der Waals surface area contributed by atoms with Gasteiger partial charge in [-0.2, -0.15) is 0 Å². The van der Waals surface area contributed by atoms with Crippen molar-refractivity contribution in [1.82, 2.24) is 26.2 Å². The molecule has 0 spiro atoms. The van der Waals surface area contributed by atoms with Crippen molar-refractivity contribution in [2.75, 3.05) is 33.4 Å². The number of nitrogens with two attached hydrogens (primary N) is 2. The van der Waals surface area contributed by atoms with Gasteiger partial charge in [0.1, 0.15) is 24.2 Å². The van der Waals surface area contributed by atoms with Crippen LogP contribution in [0.4, 0.5) is 0 Å². The van der Waals surface area contributed by atoms with E-state index in [4.69, 9.17) is 20.9 Å². The number of rotatable bonds is 10. The van der Waals surface area contributed by atoms with Gasteiger partial charge in [-0.15, -0.1) is 0 Å². The molecule has 8 N–H and O–H groups in total. The minimum atomic E-state index is -1.16. The molecule has 3 saturated carbocycles. The van der Waals surface area contributed by atoms with Crippen LogP contribution < -0.4 is 32.7 Å². The molecule has 1 heterocycles. The van der Waals surface area contributed by atoms with Crippen LogP contribution in [0.3, 0.4) is 0 Å². The number of likely N-dealkylation sites (N-methyl/N-ethyl adjacent to an activating group) is 1. The lowest BCUT2D eigenvalue weighted by Crippen LogP contribution is -2.62. The van der Waals surface area contributed by atoms with E-state index in [-0.39, 0.29) is 37.7 Å². The second-order valence-corrected chi connectivity index (χ2v) is 16.7. The van der Waals surface area contributed by atoms with E-state index in [1.807, 2.05) is 20.8 Å². The second-order valence-electron chi connectivity index (χ2n) is 16.7. The molecule has 0 bridgehead atoms. The maximum absolute atomic E-state index is 14.3. The van der Waals surface area contributed by atoms with Gasteiger partial charge in [0.2, 0.25) is 29.5 Å². The third-order valence-corrected chi connectivity index (χ3v) is 12.3. The number of amides is 5. The van der Waals surface area contributed by atoms with Crippen molar-refractivity contribution in [3.8, 4) is 0 Å². The van der Waals surface area contributed by atoms with E-state index in [1.54, 1.807) is 7.05 Å². The minimum Gasteiger partial charge on any atom is -0.376 e. The number of ether oxygens (including phenoxy) is 2. The van der Waals surface area contributed by atoms with Crippen LogP contribution >= 0.6 is 0 Å². The zero-order valence-electron chi connectivity index (χ0n) is 33.5. The lowest BCUT2D eigenvalue weighted by molar-refractivity contribution is -0.147. The van der Waals surface area contributed by atoms with Crippen LogP contribution in [0, 0.1) is 23.7 Å². The van der Waals surface area contributed by atoms with Crippen molar-refractivity contribution in [1.29, 1.82) is 0 Å². The molecular formula is C40H71N7O7. The molecule has 7 atom stereocenters. The fourth-order valence-corrected chi connectivity index (χ4v) is 8.70. The molecule has 54 heavy (non-hydrogen) atoms. The van der Waals surface area contributed by atoms with Gasteiger partial charge in [-0.05, 0) is 69.7 Å². The summed E-state index contributed by atoms with van der Waals surface area (Å²) in [7, 11) is 1.67. The average Bonchev–Trinajstić information content (AvgIpc) is 3.44. The molecule has 1 saturated heterocycles. The lowest BCUT2D eigenvalue weighted by Gasteiger charge is -2.35. The summed E-state index contributed by atoms with van der Waals surface area (Å²) in [6, 6.07) is -4.42. The van der Waals surface area contributed by atoms with Crippen LogP contribution in [0.25, 0.3) is 0 Å². The maximum Gasteiger partial charge on any atom is 0.245 e. The summed E-state index contributed by atoms with van der Waals surface area (Å²) < 4.78 is 12.6. The number of carbonyl (C=O) groups excluding carboxylic acids is 5. The van der Waals surface area contributed by atoms with Gasteiger partial charge >= 0.3 is 0 Å². The average molecular weight is 762 g/mol. The highest BCUT2D eigenvalue weighted by Gasteiger charge is 2.39. The van der Waals surface area contributed by atoms with Crippen LogP contribution in [-0.4, -0.2) is 110 Å². The number of carbonyl (C=O) groups is 5. The van der Waals surface area contributed by atoms with Crippen LogP contribution in [0.15, 0.2) is 0 Å². The van der Waals surface area contributed by atoms with E-state index in [9.17, 15) is 24.0 Å². The summed E-state index contributed by atoms with van der Waals surface area (Å²) in [4.78, 5) is 71.8. The molecule has 3 aliphatic carbocycles. The molecule has 0 radical (unpaired) electrons. The molecule has 0 aromatic heterocycles.